The number of hydrogen-bond donors (Lipinski definition) is 1. The van der Waals surface area contributed by atoms with E-state index in [4.69, 9.17) is 10.2 Å². The van der Waals surface area contributed by atoms with Gasteiger partial charge in [-0.2, -0.15) is 0 Å². The Labute approximate surface area is 97.0 Å². The van der Waals surface area contributed by atoms with Gasteiger partial charge in [0.05, 0.1) is 5.56 Å². The van der Waals surface area contributed by atoms with Crippen LogP contribution in [0, 0.1) is 11.6 Å². The first kappa shape index (κ1) is 10.5. The van der Waals surface area contributed by atoms with E-state index in [1.54, 1.807) is 12.1 Å². The molecule has 0 amide bonds. The van der Waals surface area contributed by atoms with Crippen molar-refractivity contribution >= 4 is 0 Å². The van der Waals surface area contributed by atoms with E-state index in [-0.39, 0.29) is 17.5 Å². The van der Waals surface area contributed by atoms with Gasteiger partial charge in [-0.1, -0.05) is 0 Å². The summed E-state index contributed by atoms with van der Waals surface area (Å²) in [6, 6.07) is 7.07. The van der Waals surface area contributed by atoms with Crippen molar-refractivity contribution in [2.75, 3.05) is 0 Å². The highest BCUT2D eigenvalue weighted by atomic mass is 19.1. The molecule has 0 bridgehead atoms. The molecular formula is C13H11F2NO. The van der Waals surface area contributed by atoms with E-state index in [0.29, 0.717) is 5.76 Å². The van der Waals surface area contributed by atoms with Crippen LogP contribution in [0.1, 0.15) is 18.1 Å². The van der Waals surface area contributed by atoms with Crippen LogP contribution < -0.4 is 5.73 Å². The Hall–Kier alpha value is -1.68. The van der Waals surface area contributed by atoms with Crippen LogP contribution in [0.4, 0.5) is 8.78 Å². The smallest absolute Gasteiger partial charge is 0.137 e. The van der Waals surface area contributed by atoms with Gasteiger partial charge in [0.25, 0.3) is 0 Å². The van der Waals surface area contributed by atoms with Gasteiger partial charge in [0, 0.05) is 18.0 Å². The minimum Gasteiger partial charge on any atom is -0.461 e. The lowest BCUT2D eigenvalue weighted by Crippen LogP contribution is -2.00. The van der Waals surface area contributed by atoms with E-state index in [1.165, 1.54) is 12.1 Å². The largest absolute Gasteiger partial charge is 0.461 e. The number of furan rings is 1. The highest BCUT2D eigenvalue weighted by Gasteiger charge is 2.37. The molecule has 1 aliphatic rings. The fourth-order valence-electron chi connectivity index (χ4n) is 1.93. The fraction of sp³-hybridized carbons (Fsp3) is 0.231. The van der Waals surface area contributed by atoms with Gasteiger partial charge in [-0.05, 0) is 30.7 Å². The van der Waals surface area contributed by atoms with Crippen LogP contribution in [0.5, 0.6) is 0 Å². The van der Waals surface area contributed by atoms with Crippen LogP contribution in [0.3, 0.4) is 0 Å². The highest BCUT2D eigenvalue weighted by Crippen LogP contribution is 2.41. The third-order valence-electron chi connectivity index (χ3n) is 3.03. The monoisotopic (exact) mass is 235 g/mol. The molecule has 2 atom stereocenters. The van der Waals surface area contributed by atoms with Crippen LogP contribution in [0.15, 0.2) is 34.7 Å². The number of hydrogen-bond acceptors (Lipinski definition) is 2. The topological polar surface area (TPSA) is 39.2 Å². The molecule has 1 aliphatic carbocycles. The Bertz CT molecular complexity index is 564. The molecule has 0 radical (unpaired) electrons. The maximum absolute atomic E-state index is 13.5. The van der Waals surface area contributed by atoms with Gasteiger partial charge in [-0.15, -0.1) is 0 Å². The van der Waals surface area contributed by atoms with E-state index < -0.39 is 11.6 Å². The second kappa shape index (κ2) is 3.67. The molecule has 0 saturated heterocycles. The predicted molar refractivity (Wildman–Crippen MR) is 59.4 cm³/mol. The highest BCUT2D eigenvalue weighted by molar-refractivity contribution is 5.58. The summed E-state index contributed by atoms with van der Waals surface area (Å²) >= 11 is 0. The lowest BCUT2D eigenvalue weighted by Gasteiger charge is -1.99. The third kappa shape index (κ3) is 1.85. The number of halogens is 2. The molecule has 2 unspecified atom stereocenters. The number of rotatable bonds is 2. The van der Waals surface area contributed by atoms with E-state index >= 15 is 0 Å². The SMILES string of the molecule is NC1CC1c1ccc(-c2ccc(F)cc2F)o1. The summed E-state index contributed by atoms with van der Waals surface area (Å²) in [7, 11) is 0. The molecule has 2 nitrogen and oxygen atoms in total. The second-order valence-corrected chi connectivity index (χ2v) is 4.33. The summed E-state index contributed by atoms with van der Waals surface area (Å²) < 4.78 is 31.8. The number of nitrogens with two attached hydrogens (primary N) is 1. The summed E-state index contributed by atoms with van der Waals surface area (Å²) in [5.41, 5.74) is 5.98. The predicted octanol–water partition coefficient (Wildman–Crippen LogP) is 3.04. The van der Waals surface area contributed by atoms with Gasteiger partial charge in [0.1, 0.15) is 23.2 Å². The van der Waals surface area contributed by atoms with E-state index in [9.17, 15) is 8.78 Å². The molecule has 17 heavy (non-hydrogen) atoms. The molecule has 1 aromatic heterocycles. The summed E-state index contributed by atoms with van der Waals surface area (Å²) in [6.07, 6.45) is 0.902. The molecule has 4 heteroatoms. The fourth-order valence-corrected chi connectivity index (χ4v) is 1.93. The van der Waals surface area contributed by atoms with Crippen molar-refractivity contribution in [3.63, 3.8) is 0 Å². The van der Waals surface area contributed by atoms with Crippen molar-refractivity contribution in [3.05, 3.63) is 47.7 Å². The van der Waals surface area contributed by atoms with Crippen molar-refractivity contribution in [2.24, 2.45) is 5.73 Å². The lowest BCUT2D eigenvalue weighted by atomic mass is 10.1. The summed E-state index contributed by atoms with van der Waals surface area (Å²) in [4.78, 5) is 0. The van der Waals surface area contributed by atoms with Crippen molar-refractivity contribution < 1.29 is 13.2 Å². The van der Waals surface area contributed by atoms with Gasteiger partial charge < -0.3 is 10.2 Å². The molecule has 3 rings (SSSR count). The maximum Gasteiger partial charge on any atom is 0.137 e. The van der Waals surface area contributed by atoms with Crippen molar-refractivity contribution in [2.45, 2.75) is 18.4 Å². The number of benzene rings is 1. The van der Waals surface area contributed by atoms with Crippen molar-refractivity contribution in [3.8, 4) is 11.3 Å². The van der Waals surface area contributed by atoms with Crippen LogP contribution in [0.25, 0.3) is 11.3 Å². The Morgan fingerprint density at radius 1 is 1.18 bits per heavy atom. The van der Waals surface area contributed by atoms with Gasteiger partial charge in [0.15, 0.2) is 0 Å². The Morgan fingerprint density at radius 2 is 1.94 bits per heavy atom. The molecule has 1 aromatic carbocycles. The first-order valence-corrected chi connectivity index (χ1v) is 5.46. The molecule has 2 aromatic rings. The molecule has 0 aliphatic heterocycles. The summed E-state index contributed by atoms with van der Waals surface area (Å²) in [5.74, 6) is 0.216. The van der Waals surface area contributed by atoms with Crippen LogP contribution >= 0.6 is 0 Å². The Morgan fingerprint density at radius 3 is 2.59 bits per heavy atom. The third-order valence-corrected chi connectivity index (χ3v) is 3.03. The zero-order valence-electron chi connectivity index (χ0n) is 8.99. The molecular weight excluding hydrogens is 224 g/mol. The van der Waals surface area contributed by atoms with Gasteiger partial charge in [0.2, 0.25) is 0 Å². The minimum absolute atomic E-state index is 0.145. The van der Waals surface area contributed by atoms with Gasteiger partial charge in [-0.3, -0.25) is 0 Å². The zero-order chi connectivity index (χ0) is 12.0. The van der Waals surface area contributed by atoms with Gasteiger partial charge in [-0.25, -0.2) is 8.78 Å². The van der Waals surface area contributed by atoms with Crippen LogP contribution in [-0.2, 0) is 0 Å². The maximum atomic E-state index is 13.5. The second-order valence-electron chi connectivity index (χ2n) is 4.33. The molecule has 1 saturated carbocycles. The molecule has 1 heterocycles. The normalized spacial score (nSPS) is 22.8. The summed E-state index contributed by atoms with van der Waals surface area (Å²) in [5, 5.41) is 0. The molecule has 0 spiro atoms. The first-order valence-electron chi connectivity index (χ1n) is 5.46. The van der Waals surface area contributed by atoms with E-state index in [2.05, 4.69) is 0 Å². The first-order chi connectivity index (χ1) is 8.15. The lowest BCUT2D eigenvalue weighted by molar-refractivity contribution is 0.515. The average Bonchev–Trinajstić information content (AvgIpc) is 2.83. The van der Waals surface area contributed by atoms with Crippen LogP contribution in [-0.4, -0.2) is 6.04 Å². The standard InChI is InChI=1S/C13H11F2NO/c14-7-1-2-8(10(15)5-7)12-3-4-13(17-12)9-6-11(9)16/h1-5,9,11H,6,16H2. The quantitative estimate of drug-likeness (QED) is 0.868. The minimum atomic E-state index is -0.619. The van der Waals surface area contributed by atoms with E-state index in [0.717, 1.165) is 18.2 Å². The summed E-state index contributed by atoms with van der Waals surface area (Å²) in [6.45, 7) is 0. The molecule has 2 N–H and O–H groups in total. The Kier molecular flexibility index (Phi) is 2.26. The molecule has 1 fully saturated rings. The Balaban J connectivity index is 1.95. The van der Waals surface area contributed by atoms with Crippen molar-refractivity contribution in [1.82, 2.24) is 0 Å². The van der Waals surface area contributed by atoms with E-state index in [1.807, 2.05) is 0 Å². The zero-order valence-corrected chi connectivity index (χ0v) is 8.99. The van der Waals surface area contributed by atoms with Crippen LogP contribution in [0.2, 0.25) is 0 Å². The average molecular weight is 235 g/mol. The molecule has 88 valence electrons. The van der Waals surface area contributed by atoms with Crippen molar-refractivity contribution in [1.29, 1.82) is 0 Å². The van der Waals surface area contributed by atoms with Gasteiger partial charge >= 0.3 is 0 Å².